The molecule has 5 heteroatoms. The minimum Gasteiger partial charge on any atom is -0.493 e. The summed E-state index contributed by atoms with van der Waals surface area (Å²) in [6.07, 6.45) is 2.45. The summed E-state index contributed by atoms with van der Waals surface area (Å²) in [5, 5.41) is 3.65. The van der Waals surface area contributed by atoms with Crippen molar-refractivity contribution in [2.45, 2.75) is 25.4 Å². The molecular weight excluding hydrogens is 367 g/mol. The van der Waals surface area contributed by atoms with E-state index < -0.39 is 0 Å². The summed E-state index contributed by atoms with van der Waals surface area (Å²) in [6, 6.07) is 4.84. The van der Waals surface area contributed by atoms with Crippen molar-refractivity contribution in [3.63, 3.8) is 0 Å². The molecule has 0 aliphatic carbocycles. The molecule has 0 atom stereocenters. The third-order valence-corrected chi connectivity index (χ3v) is 4.61. The Bertz CT molecular complexity index is 446. The van der Waals surface area contributed by atoms with Crippen molar-refractivity contribution in [1.29, 1.82) is 0 Å². The van der Waals surface area contributed by atoms with E-state index in [0.29, 0.717) is 6.04 Å². The summed E-state index contributed by atoms with van der Waals surface area (Å²) in [5.74, 6) is 1.62. The van der Waals surface area contributed by atoms with Gasteiger partial charge in [-0.15, -0.1) is 0 Å². The van der Waals surface area contributed by atoms with Gasteiger partial charge in [0, 0.05) is 12.6 Å². The Morgan fingerprint density at radius 3 is 2.55 bits per heavy atom. The normalized spacial score (nSPS) is 17.2. The molecule has 20 heavy (non-hydrogen) atoms. The Hall–Kier alpha value is -0.530. The summed E-state index contributed by atoms with van der Waals surface area (Å²) in [4.78, 5) is 2.39. The molecule has 0 bridgehead atoms. The monoisotopic (exact) mass is 390 g/mol. The van der Waals surface area contributed by atoms with Crippen LogP contribution in [0.25, 0.3) is 0 Å². The van der Waals surface area contributed by atoms with E-state index in [1.165, 1.54) is 31.5 Å². The Balaban J connectivity index is 1.97. The van der Waals surface area contributed by atoms with Crippen molar-refractivity contribution in [3.8, 4) is 11.5 Å². The molecule has 0 spiro atoms. The molecule has 1 N–H and O–H groups in total. The van der Waals surface area contributed by atoms with Crippen molar-refractivity contribution in [2.24, 2.45) is 0 Å². The van der Waals surface area contributed by atoms with Gasteiger partial charge in [0.25, 0.3) is 0 Å². The van der Waals surface area contributed by atoms with Gasteiger partial charge in [-0.2, -0.15) is 0 Å². The van der Waals surface area contributed by atoms with E-state index in [0.717, 1.165) is 21.6 Å². The predicted octanol–water partition coefficient (Wildman–Crippen LogP) is 2.49. The van der Waals surface area contributed by atoms with Gasteiger partial charge in [0.15, 0.2) is 11.5 Å². The summed E-state index contributed by atoms with van der Waals surface area (Å²) >= 11 is 2.29. The maximum atomic E-state index is 5.40. The largest absolute Gasteiger partial charge is 0.493 e. The van der Waals surface area contributed by atoms with E-state index in [1.807, 2.05) is 0 Å². The lowest BCUT2D eigenvalue weighted by molar-refractivity contribution is 0.234. The number of nitrogens with zero attached hydrogens (tertiary/aromatic N) is 1. The van der Waals surface area contributed by atoms with Gasteiger partial charge in [-0.3, -0.25) is 0 Å². The van der Waals surface area contributed by atoms with Crippen LogP contribution in [0.2, 0.25) is 0 Å². The van der Waals surface area contributed by atoms with E-state index in [2.05, 4.69) is 52.0 Å². The molecule has 1 saturated heterocycles. The highest BCUT2D eigenvalue weighted by atomic mass is 127. The van der Waals surface area contributed by atoms with Crippen LogP contribution in [0.3, 0.4) is 0 Å². The van der Waals surface area contributed by atoms with Crippen molar-refractivity contribution in [3.05, 3.63) is 21.3 Å². The number of piperidine rings is 1. The number of ether oxygens (including phenoxy) is 2. The predicted molar refractivity (Wildman–Crippen MR) is 89.6 cm³/mol. The SMILES string of the molecule is COc1cc(CNC2CCN(C)CC2)cc(I)c1OC. The van der Waals surface area contributed by atoms with Gasteiger partial charge < -0.3 is 19.7 Å². The quantitative estimate of drug-likeness (QED) is 0.784. The van der Waals surface area contributed by atoms with Crippen molar-refractivity contribution in [2.75, 3.05) is 34.4 Å². The lowest BCUT2D eigenvalue weighted by atomic mass is 10.1. The average Bonchev–Trinajstić information content (AvgIpc) is 2.46. The van der Waals surface area contributed by atoms with Crippen LogP contribution in [0.15, 0.2) is 12.1 Å². The van der Waals surface area contributed by atoms with Crippen LogP contribution in [0.4, 0.5) is 0 Å². The number of likely N-dealkylation sites (tertiary alicyclic amines) is 1. The first-order valence-corrected chi connectivity index (χ1v) is 8.04. The van der Waals surface area contributed by atoms with Gasteiger partial charge in [0.05, 0.1) is 17.8 Å². The smallest absolute Gasteiger partial charge is 0.174 e. The van der Waals surface area contributed by atoms with Crippen LogP contribution >= 0.6 is 22.6 Å². The van der Waals surface area contributed by atoms with E-state index in [4.69, 9.17) is 9.47 Å². The van der Waals surface area contributed by atoms with Gasteiger partial charge in [0.2, 0.25) is 0 Å². The second kappa shape index (κ2) is 7.47. The molecule has 1 fully saturated rings. The van der Waals surface area contributed by atoms with Gasteiger partial charge in [-0.05, 0) is 73.3 Å². The average molecular weight is 390 g/mol. The maximum absolute atomic E-state index is 5.40. The fourth-order valence-corrected chi connectivity index (χ4v) is 3.43. The molecule has 0 aromatic heterocycles. The van der Waals surface area contributed by atoms with E-state index in [-0.39, 0.29) is 0 Å². The molecule has 1 aromatic rings. The molecule has 0 radical (unpaired) electrons. The highest BCUT2D eigenvalue weighted by molar-refractivity contribution is 14.1. The lowest BCUT2D eigenvalue weighted by Crippen LogP contribution is -2.40. The summed E-state index contributed by atoms with van der Waals surface area (Å²) < 4.78 is 11.9. The van der Waals surface area contributed by atoms with Crippen molar-refractivity contribution in [1.82, 2.24) is 10.2 Å². The fraction of sp³-hybridized carbons (Fsp3) is 0.600. The molecule has 4 nitrogen and oxygen atoms in total. The zero-order valence-corrected chi connectivity index (χ0v) is 14.6. The highest BCUT2D eigenvalue weighted by Crippen LogP contribution is 2.33. The molecule has 112 valence electrons. The molecular formula is C15H23IN2O2. The minimum absolute atomic E-state index is 0.622. The fourth-order valence-electron chi connectivity index (χ4n) is 2.55. The van der Waals surface area contributed by atoms with Crippen LogP contribution in [-0.2, 0) is 6.54 Å². The summed E-state index contributed by atoms with van der Waals surface area (Å²) in [6.45, 7) is 3.24. The molecule has 1 aliphatic heterocycles. The standard InChI is InChI=1S/C15H23IN2O2/c1-18-6-4-12(5-7-18)17-10-11-8-13(16)15(20-3)14(9-11)19-2/h8-9,12,17H,4-7,10H2,1-3H3. The Labute approximate surface area is 135 Å². The third-order valence-electron chi connectivity index (χ3n) is 3.81. The molecule has 0 amide bonds. The van der Waals surface area contributed by atoms with Crippen LogP contribution in [0, 0.1) is 3.57 Å². The van der Waals surface area contributed by atoms with E-state index in [1.54, 1.807) is 14.2 Å². The van der Waals surface area contributed by atoms with Gasteiger partial charge in [-0.25, -0.2) is 0 Å². The van der Waals surface area contributed by atoms with Crippen LogP contribution in [-0.4, -0.2) is 45.3 Å². The molecule has 1 aliphatic rings. The van der Waals surface area contributed by atoms with E-state index in [9.17, 15) is 0 Å². The van der Waals surface area contributed by atoms with Crippen LogP contribution in [0.5, 0.6) is 11.5 Å². The second-order valence-corrected chi connectivity index (χ2v) is 6.43. The maximum Gasteiger partial charge on any atom is 0.174 e. The minimum atomic E-state index is 0.622. The Morgan fingerprint density at radius 2 is 1.95 bits per heavy atom. The lowest BCUT2D eigenvalue weighted by Gasteiger charge is -2.29. The molecule has 1 heterocycles. The summed E-state index contributed by atoms with van der Waals surface area (Å²) in [5.41, 5.74) is 1.24. The van der Waals surface area contributed by atoms with Crippen molar-refractivity contribution >= 4 is 22.6 Å². The Morgan fingerprint density at radius 1 is 1.25 bits per heavy atom. The number of hydrogen-bond donors (Lipinski definition) is 1. The van der Waals surface area contributed by atoms with Crippen molar-refractivity contribution < 1.29 is 9.47 Å². The Kier molecular flexibility index (Phi) is 5.92. The second-order valence-electron chi connectivity index (χ2n) is 5.27. The molecule has 0 unspecified atom stereocenters. The first-order chi connectivity index (χ1) is 9.63. The number of nitrogens with one attached hydrogen (secondary N) is 1. The first kappa shape index (κ1) is 15.9. The molecule has 0 saturated carbocycles. The van der Waals surface area contributed by atoms with Gasteiger partial charge in [0.1, 0.15) is 0 Å². The molecule has 1 aromatic carbocycles. The topological polar surface area (TPSA) is 33.7 Å². The number of methoxy groups -OCH3 is 2. The van der Waals surface area contributed by atoms with Gasteiger partial charge >= 0.3 is 0 Å². The first-order valence-electron chi connectivity index (χ1n) is 6.96. The zero-order valence-electron chi connectivity index (χ0n) is 12.4. The third kappa shape index (κ3) is 3.99. The molecule has 2 rings (SSSR count). The van der Waals surface area contributed by atoms with Gasteiger partial charge in [-0.1, -0.05) is 0 Å². The number of benzene rings is 1. The van der Waals surface area contributed by atoms with E-state index >= 15 is 0 Å². The van der Waals surface area contributed by atoms with Crippen LogP contribution < -0.4 is 14.8 Å². The number of halogens is 1. The number of rotatable bonds is 5. The summed E-state index contributed by atoms with van der Waals surface area (Å²) in [7, 11) is 5.55. The van der Waals surface area contributed by atoms with Crippen LogP contribution in [0.1, 0.15) is 18.4 Å². The highest BCUT2D eigenvalue weighted by Gasteiger charge is 2.16. The number of hydrogen-bond acceptors (Lipinski definition) is 4. The zero-order chi connectivity index (χ0) is 14.5.